The molecule has 0 aromatic carbocycles. The first-order valence-electron chi connectivity index (χ1n) is 6.97. The number of nitrogens with two attached hydrogens (primary N) is 1. The molecule has 0 radical (unpaired) electrons. The van der Waals surface area contributed by atoms with Crippen molar-refractivity contribution in [2.24, 2.45) is 0 Å². The monoisotopic (exact) mass is 263 g/mol. The molecule has 2 fully saturated rings. The number of nitrogen functional groups attached to an aromatic ring is 1. The Bertz CT molecular complexity index is 404. The zero-order valence-electron chi connectivity index (χ0n) is 11.1. The molecule has 2 saturated heterocycles. The first kappa shape index (κ1) is 12.8. The summed E-state index contributed by atoms with van der Waals surface area (Å²) in [6.07, 6.45) is 6.00. The fourth-order valence-electron chi connectivity index (χ4n) is 2.86. The molecule has 6 heteroatoms. The molecule has 2 unspecified atom stereocenters. The number of ether oxygens (including phenoxy) is 1. The number of rotatable bonds is 2. The van der Waals surface area contributed by atoms with Gasteiger partial charge in [-0.25, -0.2) is 9.97 Å². The molecule has 19 heavy (non-hydrogen) atoms. The van der Waals surface area contributed by atoms with Gasteiger partial charge in [0.2, 0.25) is 5.95 Å². The molecule has 0 amide bonds. The Hall–Kier alpha value is -1.24. The molecular weight excluding hydrogens is 242 g/mol. The van der Waals surface area contributed by atoms with Crippen LogP contribution in [0.1, 0.15) is 24.3 Å². The van der Waals surface area contributed by atoms with Crippen LogP contribution >= 0.6 is 0 Å². The van der Waals surface area contributed by atoms with Crippen molar-refractivity contribution < 1.29 is 4.74 Å². The van der Waals surface area contributed by atoms with E-state index in [0.717, 1.165) is 45.6 Å². The van der Waals surface area contributed by atoms with Gasteiger partial charge in [-0.2, -0.15) is 0 Å². The maximum absolute atomic E-state index is 5.93. The van der Waals surface area contributed by atoms with Gasteiger partial charge >= 0.3 is 0 Å². The Labute approximate surface area is 113 Å². The summed E-state index contributed by atoms with van der Waals surface area (Å²) >= 11 is 0. The molecule has 1 aromatic heterocycles. The highest BCUT2D eigenvalue weighted by Gasteiger charge is 2.29. The predicted octanol–water partition coefficient (Wildman–Crippen LogP) is 0.184. The SMILES string of the molecule is Nc1ncc(C2CCOC(N3CCNCC3)C2)cn1. The van der Waals surface area contributed by atoms with Gasteiger partial charge in [-0.1, -0.05) is 0 Å². The molecule has 0 aliphatic carbocycles. The zero-order chi connectivity index (χ0) is 13.1. The molecule has 3 heterocycles. The van der Waals surface area contributed by atoms with E-state index in [9.17, 15) is 0 Å². The fraction of sp³-hybridized carbons (Fsp3) is 0.692. The van der Waals surface area contributed by atoms with E-state index < -0.39 is 0 Å². The first-order chi connectivity index (χ1) is 9.33. The summed E-state index contributed by atoms with van der Waals surface area (Å²) in [6, 6.07) is 0. The lowest BCUT2D eigenvalue weighted by molar-refractivity contribution is -0.0952. The minimum Gasteiger partial charge on any atom is -0.368 e. The van der Waals surface area contributed by atoms with Gasteiger partial charge in [-0.3, -0.25) is 4.90 Å². The summed E-state index contributed by atoms with van der Waals surface area (Å²) in [6.45, 7) is 5.04. The highest BCUT2D eigenvalue weighted by atomic mass is 16.5. The van der Waals surface area contributed by atoms with E-state index in [1.54, 1.807) is 0 Å². The van der Waals surface area contributed by atoms with E-state index >= 15 is 0 Å². The van der Waals surface area contributed by atoms with E-state index in [4.69, 9.17) is 10.5 Å². The van der Waals surface area contributed by atoms with Crippen LogP contribution in [0.25, 0.3) is 0 Å². The van der Waals surface area contributed by atoms with Gasteiger partial charge in [0.15, 0.2) is 0 Å². The van der Waals surface area contributed by atoms with Crippen LogP contribution in [0, 0.1) is 0 Å². The molecule has 0 saturated carbocycles. The lowest BCUT2D eigenvalue weighted by Crippen LogP contribution is -2.50. The number of piperazine rings is 1. The third-order valence-electron chi connectivity index (χ3n) is 3.98. The normalized spacial score (nSPS) is 29.3. The molecule has 3 N–H and O–H groups in total. The standard InChI is InChI=1S/C13H21N5O/c14-13-16-8-11(9-17-13)10-1-6-19-12(7-10)18-4-2-15-3-5-18/h8-10,12,15H,1-7H2,(H2,14,16,17). The average Bonchev–Trinajstić information content (AvgIpc) is 2.49. The Morgan fingerprint density at radius 1 is 1.26 bits per heavy atom. The summed E-state index contributed by atoms with van der Waals surface area (Å²) < 4.78 is 5.93. The maximum Gasteiger partial charge on any atom is 0.219 e. The molecule has 1 aromatic rings. The molecule has 3 rings (SSSR count). The summed E-state index contributed by atoms with van der Waals surface area (Å²) in [5, 5.41) is 3.37. The zero-order valence-corrected chi connectivity index (χ0v) is 11.1. The number of hydrogen-bond donors (Lipinski definition) is 2. The fourth-order valence-corrected chi connectivity index (χ4v) is 2.86. The van der Waals surface area contributed by atoms with E-state index in [-0.39, 0.29) is 6.23 Å². The Morgan fingerprint density at radius 2 is 2.00 bits per heavy atom. The maximum atomic E-state index is 5.93. The van der Waals surface area contributed by atoms with Crippen LogP contribution in [0.4, 0.5) is 5.95 Å². The smallest absolute Gasteiger partial charge is 0.219 e. The lowest BCUT2D eigenvalue weighted by Gasteiger charge is -2.39. The van der Waals surface area contributed by atoms with Crippen molar-refractivity contribution in [3.05, 3.63) is 18.0 Å². The highest BCUT2D eigenvalue weighted by Crippen LogP contribution is 2.30. The Morgan fingerprint density at radius 3 is 2.74 bits per heavy atom. The van der Waals surface area contributed by atoms with E-state index in [1.165, 1.54) is 5.56 Å². The second kappa shape index (κ2) is 5.81. The third kappa shape index (κ3) is 3.02. The van der Waals surface area contributed by atoms with E-state index in [2.05, 4.69) is 20.2 Å². The lowest BCUT2D eigenvalue weighted by atomic mass is 9.92. The number of hydrogen-bond acceptors (Lipinski definition) is 6. The predicted molar refractivity (Wildman–Crippen MR) is 72.6 cm³/mol. The van der Waals surface area contributed by atoms with Crippen LogP contribution in [0.3, 0.4) is 0 Å². The van der Waals surface area contributed by atoms with Crippen molar-refractivity contribution in [1.82, 2.24) is 20.2 Å². The van der Waals surface area contributed by atoms with Gasteiger partial charge in [0.05, 0.1) is 0 Å². The van der Waals surface area contributed by atoms with Crippen LogP contribution in [0.2, 0.25) is 0 Å². The van der Waals surface area contributed by atoms with E-state index in [1.807, 2.05) is 12.4 Å². The number of aromatic nitrogens is 2. The molecule has 2 aliphatic rings. The summed E-state index contributed by atoms with van der Waals surface area (Å²) in [5.41, 5.74) is 6.72. The van der Waals surface area contributed by atoms with Gasteiger partial charge < -0.3 is 15.8 Å². The quantitative estimate of drug-likeness (QED) is 0.793. The number of nitrogens with one attached hydrogen (secondary N) is 1. The Balaban J connectivity index is 1.65. The van der Waals surface area contributed by atoms with Crippen molar-refractivity contribution in [3.8, 4) is 0 Å². The van der Waals surface area contributed by atoms with Crippen molar-refractivity contribution in [2.75, 3.05) is 38.5 Å². The Kier molecular flexibility index (Phi) is 3.91. The average molecular weight is 263 g/mol. The minimum absolute atomic E-state index is 0.235. The molecule has 0 bridgehead atoms. The van der Waals surface area contributed by atoms with Gasteiger partial charge in [-0.15, -0.1) is 0 Å². The van der Waals surface area contributed by atoms with Gasteiger partial charge in [-0.05, 0) is 24.3 Å². The van der Waals surface area contributed by atoms with Crippen molar-refractivity contribution in [3.63, 3.8) is 0 Å². The van der Waals surface area contributed by atoms with Gasteiger partial charge in [0.1, 0.15) is 6.23 Å². The highest BCUT2D eigenvalue weighted by molar-refractivity contribution is 5.20. The van der Waals surface area contributed by atoms with Crippen LogP contribution in [-0.4, -0.2) is 53.9 Å². The summed E-state index contributed by atoms with van der Waals surface area (Å²) in [5.74, 6) is 0.823. The van der Waals surface area contributed by atoms with Gasteiger partial charge in [0.25, 0.3) is 0 Å². The summed E-state index contributed by atoms with van der Waals surface area (Å²) in [4.78, 5) is 10.6. The molecule has 6 nitrogen and oxygen atoms in total. The second-order valence-electron chi connectivity index (χ2n) is 5.21. The molecule has 104 valence electrons. The van der Waals surface area contributed by atoms with Crippen LogP contribution in [0.15, 0.2) is 12.4 Å². The van der Waals surface area contributed by atoms with Crippen LogP contribution in [0.5, 0.6) is 0 Å². The van der Waals surface area contributed by atoms with Crippen LogP contribution in [-0.2, 0) is 4.74 Å². The second-order valence-corrected chi connectivity index (χ2v) is 5.21. The molecule has 0 spiro atoms. The van der Waals surface area contributed by atoms with Crippen molar-refractivity contribution in [2.45, 2.75) is 25.0 Å². The molecule has 2 atom stereocenters. The van der Waals surface area contributed by atoms with Crippen molar-refractivity contribution >= 4 is 5.95 Å². The number of anilines is 1. The van der Waals surface area contributed by atoms with Crippen molar-refractivity contribution in [1.29, 1.82) is 0 Å². The first-order valence-corrected chi connectivity index (χ1v) is 6.97. The molecule has 2 aliphatic heterocycles. The third-order valence-corrected chi connectivity index (χ3v) is 3.98. The minimum atomic E-state index is 0.235. The van der Waals surface area contributed by atoms with E-state index in [0.29, 0.717) is 11.9 Å². The van der Waals surface area contributed by atoms with Gasteiger partial charge in [0, 0.05) is 45.2 Å². The van der Waals surface area contributed by atoms with Crippen LogP contribution < -0.4 is 11.1 Å². The largest absolute Gasteiger partial charge is 0.368 e. The number of nitrogens with zero attached hydrogens (tertiary/aromatic N) is 3. The summed E-state index contributed by atoms with van der Waals surface area (Å²) in [7, 11) is 0. The molecular formula is C13H21N5O. The topological polar surface area (TPSA) is 76.3 Å².